The van der Waals surface area contributed by atoms with Crippen LogP contribution in [0.4, 0.5) is 17.1 Å². The van der Waals surface area contributed by atoms with Crippen molar-refractivity contribution in [1.82, 2.24) is 0 Å². The summed E-state index contributed by atoms with van der Waals surface area (Å²) < 4.78 is 25.1. The van der Waals surface area contributed by atoms with Gasteiger partial charge in [0.1, 0.15) is 0 Å². The number of aryl methyl sites for hydroxylation is 2. The second-order valence-electron chi connectivity index (χ2n) is 13.0. The first-order valence-corrected chi connectivity index (χ1v) is 13.9. The third-order valence-electron chi connectivity index (χ3n) is 8.95. The number of hydrogen-bond acceptors (Lipinski definition) is 5. The van der Waals surface area contributed by atoms with Crippen LogP contribution < -0.4 is 15.8 Å². The molecule has 0 bridgehead atoms. The average Bonchev–Trinajstić information content (AvgIpc) is 3.21. The molecule has 0 amide bonds. The van der Waals surface area contributed by atoms with Crippen LogP contribution >= 0.6 is 0 Å². The third-order valence-corrected chi connectivity index (χ3v) is 8.95. The van der Waals surface area contributed by atoms with Crippen molar-refractivity contribution < 1.29 is 18.6 Å². The van der Waals surface area contributed by atoms with Crippen LogP contribution in [0.15, 0.2) is 66.7 Å². The van der Waals surface area contributed by atoms with E-state index in [0.29, 0.717) is 0 Å². The van der Waals surface area contributed by atoms with Crippen molar-refractivity contribution in [1.29, 1.82) is 0 Å². The molecule has 2 fully saturated rings. The van der Waals surface area contributed by atoms with Crippen LogP contribution in [0.2, 0.25) is 0 Å². The highest BCUT2D eigenvalue weighted by atomic mass is 16.7. The van der Waals surface area contributed by atoms with Gasteiger partial charge in [0, 0.05) is 17.1 Å². The maximum atomic E-state index is 6.28. The van der Waals surface area contributed by atoms with Gasteiger partial charge in [0.25, 0.3) is 0 Å². The Hall–Kier alpha value is -2.57. The summed E-state index contributed by atoms with van der Waals surface area (Å²) in [6, 6.07) is 23.5. The number of benzene rings is 3. The second-order valence-corrected chi connectivity index (χ2v) is 13.0. The summed E-state index contributed by atoms with van der Waals surface area (Å²) in [5.41, 5.74) is 6.22. The predicted octanol–water partition coefficient (Wildman–Crippen LogP) is 6.37. The second kappa shape index (κ2) is 9.52. The number of anilines is 3. The Bertz CT molecular complexity index is 1240. The lowest BCUT2D eigenvalue weighted by Gasteiger charge is -2.32. The van der Waals surface area contributed by atoms with Gasteiger partial charge in [-0.3, -0.25) is 0 Å². The van der Waals surface area contributed by atoms with Gasteiger partial charge in [0.05, 0.1) is 22.4 Å². The quantitative estimate of drug-likeness (QED) is 0.362. The van der Waals surface area contributed by atoms with E-state index in [9.17, 15) is 0 Å². The highest BCUT2D eigenvalue weighted by molar-refractivity contribution is 6.62. The Balaban J connectivity index is 1.48. The average molecular weight is 525 g/mol. The van der Waals surface area contributed by atoms with Crippen molar-refractivity contribution in [3.8, 4) is 0 Å². The van der Waals surface area contributed by atoms with Crippen LogP contribution in [-0.2, 0) is 18.6 Å². The Morgan fingerprint density at radius 1 is 0.513 bits per heavy atom. The minimum atomic E-state index is -0.391. The van der Waals surface area contributed by atoms with Crippen LogP contribution in [0, 0.1) is 13.8 Å². The monoisotopic (exact) mass is 525 g/mol. The first kappa shape index (κ1) is 28.0. The van der Waals surface area contributed by atoms with Gasteiger partial charge < -0.3 is 23.5 Å². The van der Waals surface area contributed by atoms with E-state index >= 15 is 0 Å². The molecule has 5 nitrogen and oxygen atoms in total. The molecule has 2 heterocycles. The molecule has 0 spiro atoms. The number of nitrogens with zero attached hydrogens (tertiary/aromatic N) is 1. The summed E-state index contributed by atoms with van der Waals surface area (Å²) in [6.45, 7) is 20.9. The van der Waals surface area contributed by atoms with Gasteiger partial charge in [0.15, 0.2) is 0 Å². The van der Waals surface area contributed by atoms with E-state index in [1.165, 1.54) is 11.1 Å². The zero-order chi connectivity index (χ0) is 28.4. The highest BCUT2D eigenvalue weighted by Gasteiger charge is 2.52. The SMILES string of the molecule is Cc1ccc(N(c2ccc(B3OC(C)(C)C(C)(C)O3)cc2)c2ccc(B3OC(C)(C)C(C)(C)O3)cc2)c(C)c1. The first-order valence-electron chi connectivity index (χ1n) is 13.9. The van der Waals surface area contributed by atoms with Crippen LogP contribution in [0.25, 0.3) is 0 Å². The van der Waals surface area contributed by atoms with Gasteiger partial charge in [-0.15, -0.1) is 0 Å². The van der Waals surface area contributed by atoms with E-state index in [4.69, 9.17) is 18.6 Å². The Morgan fingerprint density at radius 3 is 1.21 bits per heavy atom. The van der Waals surface area contributed by atoms with Gasteiger partial charge in [-0.1, -0.05) is 42.0 Å². The first-order chi connectivity index (χ1) is 18.1. The molecule has 0 radical (unpaired) electrons. The molecule has 0 aliphatic carbocycles. The van der Waals surface area contributed by atoms with Crippen LogP contribution in [0.1, 0.15) is 66.5 Å². The largest absolute Gasteiger partial charge is 0.494 e. The standard InChI is InChI=1S/C32H41B2NO4/c1-22-11-20-28(23(2)21-22)35(26-16-12-24(13-17-26)33-36-29(3,4)30(5,6)37-33)27-18-14-25(15-19-27)34-38-31(7,8)32(9,10)39-34/h11-21H,1-10H3. The molecule has 2 aliphatic heterocycles. The predicted molar refractivity (Wildman–Crippen MR) is 162 cm³/mol. The fraction of sp³-hybridized carbons (Fsp3) is 0.438. The van der Waals surface area contributed by atoms with Gasteiger partial charge in [0.2, 0.25) is 0 Å². The third kappa shape index (κ3) is 5.06. The number of rotatable bonds is 5. The zero-order valence-corrected chi connectivity index (χ0v) is 25.1. The van der Waals surface area contributed by atoms with Crippen molar-refractivity contribution in [2.45, 2.75) is 91.6 Å². The minimum Gasteiger partial charge on any atom is -0.399 e. The van der Waals surface area contributed by atoms with E-state index in [1.54, 1.807) is 0 Å². The van der Waals surface area contributed by atoms with Crippen LogP contribution in [0.5, 0.6) is 0 Å². The van der Waals surface area contributed by atoms with Crippen molar-refractivity contribution in [2.75, 3.05) is 4.90 Å². The van der Waals surface area contributed by atoms with Crippen molar-refractivity contribution in [2.24, 2.45) is 0 Å². The maximum absolute atomic E-state index is 6.28. The molecule has 204 valence electrons. The van der Waals surface area contributed by atoms with Crippen LogP contribution in [-0.4, -0.2) is 36.6 Å². The lowest BCUT2D eigenvalue weighted by Crippen LogP contribution is -2.41. The fourth-order valence-electron chi connectivity index (χ4n) is 5.00. The Labute approximate surface area is 235 Å². The molecule has 3 aromatic carbocycles. The summed E-state index contributed by atoms with van der Waals surface area (Å²) in [7, 11) is -0.782. The summed E-state index contributed by atoms with van der Waals surface area (Å²) >= 11 is 0. The molecule has 0 unspecified atom stereocenters. The molecule has 7 heteroatoms. The van der Waals surface area contributed by atoms with Crippen molar-refractivity contribution in [3.05, 3.63) is 77.9 Å². The zero-order valence-electron chi connectivity index (χ0n) is 25.1. The molecular weight excluding hydrogens is 484 g/mol. The Morgan fingerprint density at radius 2 is 0.872 bits per heavy atom. The Kier molecular flexibility index (Phi) is 6.83. The molecule has 0 saturated carbocycles. The van der Waals surface area contributed by atoms with Gasteiger partial charge in [-0.2, -0.15) is 0 Å². The van der Waals surface area contributed by atoms with Gasteiger partial charge in [-0.25, -0.2) is 0 Å². The smallest absolute Gasteiger partial charge is 0.399 e. The molecule has 0 atom stereocenters. The van der Waals surface area contributed by atoms with E-state index in [0.717, 1.165) is 28.0 Å². The van der Waals surface area contributed by atoms with Crippen molar-refractivity contribution >= 4 is 42.2 Å². The van der Waals surface area contributed by atoms with Gasteiger partial charge >= 0.3 is 14.2 Å². The summed E-state index contributed by atoms with van der Waals surface area (Å²) in [5.74, 6) is 0. The van der Waals surface area contributed by atoms with E-state index < -0.39 is 14.2 Å². The molecule has 3 aromatic rings. The van der Waals surface area contributed by atoms with Crippen LogP contribution in [0.3, 0.4) is 0 Å². The molecule has 39 heavy (non-hydrogen) atoms. The number of hydrogen-bond donors (Lipinski definition) is 0. The topological polar surface area (TPSA) is 40.2 Å². The molecular formula is C32H41B2NO4. The minimum absolute atomic E-state index is 0.375. The van der Waals surface area contributed by atoms with E-state index in [-0.39, 0.29) is 22.4 Å². The summed E-state index contributed by atoms with van der Waals surface area (Å²) in [4.78, 5) is 2.29. The normalized spacial score (nSPS) is 20.9. The van der Waals surface area contributed by atoms with Gasteiger partial charge in [-0.05, 0) is 116 Å². The van der Waals surface area contributed by atoms with E-state index in [2.05, 4.69) is 141 Å². The molecule has 0 N–H and O–H groups in total. The lowest BCUT2D eigenvalue weighted by atomic mass is 9.79. The maximum Gasteiger partial charge on any atom is 0.494 e. The molecule has 0 aromatic heterocycles. The summed E-state index contributed by atoms with van der Waals surface area (Å²) in [5, 5.41) is 0. The highest BCUT2D eigenvalue weighted by Crippen LogP contribution is 2.39. The molecule has 5 rings (SSSR count). The van der Waals surface area contributed by atoms with Crippen molar-refractivity contribution in [3.63, 3.8) is 0 Å². The molecule has 2 aliphatic rings. The summed E-state index contributed by atoms with van der Waals surface area (Å²) in [6.07, 6.45) is 0. The van der Waals surface area contributed by atoms with E-state index in [1.807, 2.05) is 0 Å². The lowest BCUT2D eigenvalue weighted by molar-refractivity contribution is 0.00578. The molecule has 2 saturated heterocycles. The fourth-order valence-corrected chi connectivity index (χ4v) is 5.00.